The lowest BCUT2D eigenvalue weighted by Crippen LogP contribution is -2.40. The van der Waals surface area contributed by atoms with Gasteiger partial charge in [-0.1, -0.05) is 12.1 Å². The average Bonchev–Trinajstić information content (AvgIpc) is 2.47. The second-order valence-corrected chi connectivity index (χ2v) is 5.05. The van der Waals surface area contributed by atoms with Crippen LogP contribution < -0.4 is 0 Å². The van der Waals surface area contributed by atoms with E-state index in [1.165, 1.54) is 12.1 Å². The molecule has 1 aromatic rings. The summed E-state index contributed by atoms with van der Waals surface area (Å²) in [6.45, 7) is 1.29. The quantitative estimate of drug-likeness (QED) is 0.672. The van der Waals surface area contributed by atoms with Crippen molar-refractivity contribution >= 4 is 11.6 Å². The van der Waals surface area contributed by atoms with Crippen molar-refractivity contribution in [3.63, 3.8) is 0 Å². The molecule has 0 aliphatic carbocycles. The van der Waals surface area contributed by atoms with Crippen molar-refractivity contribution in [2.75, 3.05) is 19.7 Å². The smallest absolute Gasteiger partial charge is 0.282 e. The van der Waals surface area contributed by atoms with Crippen molar-refractivity contribution in [3.05, 3.63) is 39.9 Å². The molecule has 1 aliphatic rings. The Hall–Kier alpha value is -1.95. The third-order valence-corrected chi connectivity index (χ3v) is 3.67. The van der Waals surface area contributed by atoms with Gasteiger partial charge in [0.25, 0.3) is 11.6 Å². The summed E-state index contributed by atoms with van der Waals surface area (Å²) >= 11 is 0. The fraction of sp³-hybridized carbons (Fsp3) is 0.500. The van der Waals surface area contributed by atoms with Crippen LogP contribution in [0.5, 0.6) is 0 Å². The number of carbonyl (C=O) groups excluding carboxylic acids is 1. The molecule has 108 valence electrons. The number of nitrogens with zero attached hydrogens (tertiary/aromatic N) is 2. The number of para-hydroxylation sites is 1. The minimum atomic E-state index is -0.525. The van der Waals surface area contributed by atoms with Crippen molar-refractivity contribution in [3.8, 4) is 0 Å². The van der Waals surface area contributed by atoms with Crippen LogP contribution in [0.4, 0.5) is 5.69 Å². The zero-order chi connectivity index (χ0) is 14.5. The summed E-state index contributed by atoms with van der Waals surface area (Å²) in [6.07, 6.45) is 2.53. The van der Waals surface area contributed by atoms with Gasteiger partial charge in [0.1, 0.15) is 5.56 Å². The van der Waals surface area contributed by atoms with Crippen molar-refractivity contribution in [1.29, 1.82) is 0 Å². The number of aliphatic hydroxyl groups excluding tert-OH is 1. The molecular formula is C14H18N2O4. The Kier molecular flexibility index (Phi) is 4.68. The number of carbonyl (C=O) groups is 1. The van der Waals surface area contributed by atoms with Crippen LogP contribution in [0.25, 0.3) is 0 Å². The lowest BCUT2D eigenvalue weighted by molar-refractivity contribution is -0.385. The van der Waals surface area contributed by atoms with Crippen molar-refractivity contribution in [2.24, 2.45) is 5.92 Å². The van der Waals surface area contributed by atoms with Gasteiger partial charge in [-0.2, -0.15) is 0 Å². The maximum absolute atomic E-state index is 12.4. The highest BCUT2D eigenvalue weighted by Gasteiger charge is 2.28. The molecule has 1 N–H and O–H groups in total. The summed E-state index contributed by atoms with van der Waals surface area (Å²) in [5, 5.41) is 20.0. The van der Waals surface area contributed by atoms with E-state index >= 15 is 0 Å². The number of nitro groups is 1. The molecule has 1 saturated heterocycles. The molecule has 0 spiro atoms. The van der Waals surface area contributed by atoms with E-state index in [-0.39, 0.29) is 29.7 Å². The van der Waals surface area contributed by atoms with Gasteiger partial charge in [-0.05, 0) is 31.2 Å². The molecule has 0 radical (unpaired) electrons. The van der Waals surface area contributed by atoms with Crippen LogP contribution in [0, 0.1) is 16.0 Å². The predicted molar refractivity (Wildman–Crippen MR) is 73.4 cm³/mol. The number of nitro benzene ring substituents is 1. The second-order valence-electron chi connectivity index (χ2n) is 5.05. The number of amides is 1. The molecule has 1 atom stereocenters. The van der Waals surface area contributed by atoms with Gasteiger partial charge < -0.3 is 10.0 Å². The van der Waals surface area contributed by atoms with Gasteiger partial charge in [0, 0.05) is 25.8 Å². The first-order valence-electron chi connectivity index (χ1n) is 6.77. The maximum atomic E-state index is 12.4. The molecular weight excluding hydrogens is 260 g/mol. The Bertz CT molecular complexity index is 502. The third-order valence-electron chi connectivity index (χ3n) is 3.67. The SMILES string of the molecule is O=C(c1ccccc1[N+](=O)[O-])N1CCCC(CCO)C1. The molecule has 1 unspecified atom stereocenters. The highest BCUT2D eigenvalue weighted by atomic mass is 16.6. The molecule has 0 saturated carbocycles. The molecule has 6 heteroatoms. The van der Waals surface area contributed by atoms with Crippen LogP contribution in [0.15, 0.2) is 24.3 Å². The van der Waals surface area contributed by atoms with E-state index in [1.54, 1.807) is 17.0 Å². The summed E-state index contributed by atoms with van der Waals surface area (Å²) in [5.41, 5.74) is -0.0102. The molecule has 1 heterocycles. The number of hydrogen-bond donors (Lipinski definition) is 1. The molecule has 1 amide bonds. The summed E-state index contributed by atoms with van der Waals surface area (Å²) < 4.78 is 0. The molecule has 1 fully saturated rings. The Labute approximate surface area is 117 Å². The fourth-order valence-corrected chi connectivity index (χ4v) is 2.65. The highest BCUT2D eigenvalue weighted by molar-refractivity contribution is 5.98. The van der Waals surface area contributed by atoms with Crippen molar-refractivity contribution in [1.82, 2.24) is 4.90 Å². The Morgan fingerprint density at radius 3 is 2.90 bits per heavy atom. The maximum Gasteiger partial charge on any atom is 0.282 e. The van der Waals surface area contributed by atoms with E-state index < -0.39 is 4.92 Å². The molecule has 0 bridgehead atoms. The van der Waals surface area contributed by atoms with E-state index in [4.69, 9.17) is 5.11 Å². The number of benzene rings is 1. The minimum Gasteiger partial charge on any atom is -0.396 e. The summed E-state index contributed by atoms with van der Waals surface area (Å²) in [7, 11) is 0. The summed E-state index contributed by atoms with van der Waals surface area (Å²) in [6, 6.07) is 6.04. The standard InChI is InChI=1S/C14H18N2O4/c17-9-7-11-4-3-8-15(10-11)14(18)12-5-1-2-6-13(12)16(19)20/h1-2,5-6,11,17H,3-4,7-10H2. The van der Waals surface area contributed by atoms with Crippen LogP contribution in [-0.4, -0.2) is 40.5 Å². The van der Waals surface area contributed by atoms with Gasteiger partial charge in [0.2, 0.25) is 0 Å². The van der Waals surface area contributed by atoms with Crippen LogP contribution in [0.2, 0.25) is 0 Å². The van der Waals surface area contributed by atoms with Crippen LogP contribution >= 0.6 is 0 Å². The van der Waals surface area contributed by atoms with E-state index in [2.05, 4.69) is 0 Å². The first-order chi connectivity index (χ1) is 9.63. The monoisotopic (exact) mass is 278 g/mol. The van der Waals surface area contributed by atoms with Gasteiger partial charge in [0.15, 0.2) is 0 Å². The number of aliphatic hydroxyl groups is 1. The van der Waals surface area contributed by atoms with Gasteiger partial charge in [-0.15, -0.1) is 0 Å². The van der Waals surface area contributed by atoms with E-state index in [0.717, 1.165) is 12.8 Å². The lowest BCUT2D eigenvalue weighted by Gasteiger charge is -2.32. The molecule has 20 heavy (non-hydrogen) atoms. The van der Waals surface area contributed by atoms with E-state index in [9.17, 15) is 14.9 Å². The van der Waals surface area contributed by atoms with E-state index in [1.807, 2.05) is 0 Å². The minimum absolute atomic E-state index is 0.109. The van der Waals surface area contributed by atoms with E-state index in [0.29, 0.717) is 19.5 Å². The number of hydrogen-bond acceptors (Lipinski definition) is 4. The topological polar surface area (TPSA) is 83.7 Å². The molecule has 6 nitrogen and oxygen atoms in total. The predicted octanol–water partition coefficient (Wildman–Crippen LogP) is 1.83. The second kappa shape index (κ2) is 6.47. The first kappa shape index (κ1) is 14.5. The van der Waals surface area contributed by atoms with Crippen LogP contribution in [-0.2, 0) is 0 Å². The zero-order valence-electron chi connectivity index (χ0n) is 11.2. The van der Waals surface area contributed by atoms with Crippen LogP contribution in [0.1, 0.15) is 29.6 Å². The largest absolute Gasteiger partial charge is 0.396 e. The summed E-state index contributed by atoms with van der Waals surface area (Å²) in [4.78, 5) is 24.5. The van der Waals surface area contributed by atoms with Crippen LogP contribution in [0.3, 0.4) is 0 Å². The molecule has 2 rings (SSSR count). The number of rotatable bonds is 4. The average molecular weight is 278 g/mol. The molecule has 1 aliphatic heterocycles. The van der Waals surface area contributed by atoms with Gasteiger partial charge in [-0.3, -0.25) is 14.9 Å². The Balaban J connectivity index is 2.17. The first-order valence-corrected chi connectivity index (χ1v) is 6.77. The highest BCUT2D eigenvalue weighted by Crippen LogP contribution is 2.24. The Morgan fingerprint density at radius 1 is 1.45 bits per heavy atom. The zero-order valence-corrected chi connectivity index (χ0v) is 11.2. The molecule has 0 aromatic heterocycles. The van der Waals surface area contributed by atoms with Gasteiger partial charge >= 0.3 is 0 Å². The van der Waals surface area contributed by atoms with Gasteiger partial charge in [-0.25, -0.2) is 0 Å². The number of likely N-dealkylation sites (tertiary alicyclic amines) is 1. The normalized spacial score (nSPS) is 18.9. The lowest BCUT2D eigenvalue weighted by atomic mass is 9.94. The van der Waals surface area contributed by atoms with Gasteiger partial charge in [0.05, 0.1) is 4.92 Å². The number of piperidine rings is 1. The molecule has 1 aromatic carbocycles. The van der Waals surface area contributed by atoms with Crippen molar-refractivity contribution in [2.45, 2.75) is 19.3 Å². The Morgan fingerprint density at radius 2 is 2.20 bits per heavy atom. The fourth-order valence-electron chi connectivity index (χ4n) is 2.65. The third kappa shape index (κ3) is 3.14. The summed E-state index contributed by atoms with van der Waals surface area (Å²) in [5.74, 6) is -0.0135. The van der Waals surface area contributed by atoms with Crippen molar-refractivity contribution < 1.29 is 14.8 Å².